The number of ether oxygens (including phenoxy) is 1. The fourth-order valence-corrected chi connectivity index (χ4v) is 5.36. The van der Waals surface area contributed by atoms with E-state index in [-0.39, 0.29) is 18.5 Å². The summed E-state index contributed by atoms with van der Waals surface area (Å²) in [6, 6.07) is 23.6. The lowest BCUT2D eigenvalue weighted by Crippen LogP contribution is -2.56. The van der Waals surface area contributed by atoms with E-state index >= 15 is 0 Å². The molecule has 2 aliphatic rings. The summed E-state index contributed by atoms with van der Waals surface area (Å²) < 4.78 is 5.37. The predicted molar refractivity (Wildman–Crippen MR) is 137 cm³/mol. The van der Waals surface area contributed by atoms with Crippen molar-refractivity contribution in [3.05, 3.63) is 95.8 Å². The number of piperidine rings is 1. The van der Waals surface area contributed by atoms with E-state index in [0.717, 1.165) is 36.6 Å². The summed E-state index contributed by atoms with van der Waals surface area (Å²) >= 11 is 0. The smallest absolute Gasteiger partial charge is 0.328 e. The summed E-state index contributed by atoms with van der Waals surface area (Å²) in [6.07, 6.45) is 3.65. The van der Waals surface area contributed by atoms with E-state index in [1.54, 1.807) is 13.3 Å². The van der Waals surface area contributed by atoms with E-state index < -0.39 is 5.54 Å². The van der Waals surface area contributed by atoms with Gasteiger partial charge in [0.15, 0.2) is 0 Å². The number of methoxy groups -OCH3 is 1. The maximum Gasteiger partial charge on any atom is 0.328 e. The monoisotopic (exact) mass is 484 g/mol. The van der Waals surface area contributed by atoms with Crippen LogP contribution in [-0.4, -0.2) is 63.9 Å². The molecule has 0 radical (unpaired) electrons. The molecule has 1 aromatic heterocycles. The molecule has 0 aliphatic carbocycles. The first-order chi connectivity index (χ1) is 17.6. The van der Waals surface area contributed by atoms with Gasteiger partial charge in [0, 0.05) is 32.4 Å². The molecule has 7 nitrogen and oxygen atoms in total. The lowest BCUT2D eigenvalue weighted by atomic mass is 9.85. The number of likely N-dealkylation sites (tertiary alicyclic amines) is 1. The molecule has 5 rings (SSSR count). The van der Waals surface area contributed by atoms with Gasteiger partial charge in [0.05, 0.1) is 19.3 Å². The molecule has 3 aromatic rings. The first kappa shape index (κ1) is 24.0. The minimum Gasteiger partial charge on any atom is -0.497 e. The minimum absolute atomic E-state index is 0.0905. The second kappa shape index (κ2) is 10.5. The van der Waals surface area contributed by atoms with Crippen LogP contribution in [0.4, 0.5) is 4.79 Å². The topological polar surface area (TPSA) is 66.0 Å². The number of urea groups is 1. The molecule has 3 heterocycles. The van der Waals surface area contributed by atoms with Crippen molar-refractivity contribution in [3.63, 3.8) is 0 Å². The molecule has 0 unspecified atom stereocenters. The molecule has 0 atom stereocenters. The van der Waals surface area contributed by atoms with Crippen LogP contribution in [0.1, 0.15) is 29.7 Å². The predicted octanol–water partition coefficient (Wildman–Crippen LogP) is 4.13. The van der Waals surface area contributed by atoms with Gasteiger partial charge in [-0.1, -0.05) is 48.5 Å². The summed E-state index contributed by atoms with van der Waals surface area (Å²) in [5, 5.41) is 0. The Bertz CT molecular complexity index is 1190. The van der Waals surface area contributed by atoms with Crippen LogP contribution in [0.2, 0.25) is 0 Å². The van der Waals surface area contributed by atoms with Gasteiger partial charge in [0.25, 0.3) is 5.91 Å². The number of hydrogen-bond acceptors (Lipinski definition) is 5. The Hall–Kier alpha value is -3.71. The number of hydrogen-bond donors (Lipinski definition) is 0. The minimum atomic E-state index is -0.800. The van der Waals surface area contributed by atoms with E-state index in [1.807, 2.05) is 53.4 Å². The summed E-state index contributed by atoms with van der Waals surface area (Å²) in [7, 11) is 1.67. The average molecular weight is 485 g/mol. The number of carbonyl (C=O) groups excluding carboxylic acids is 2. The number of carbonyl (C=O) groups is 2. The van der Waals surface area contributed by atoms with Crippen LogP contribution in [0.25, 0.3) is 0 Å². The van der Waals surface area contributed by atoms with Crippen molar-refractivity contribution in [1.82, 2.24) is 19.7 Å². The lowest BCUT2D eigenvalue weighted by molar-refractivity contribution is -0.136. The number of aromatic nitrogens is 1. The second-order valence-corrected chi connectivity index (χ2v) is 9.54. The van der Waals surface area contributed by atoms with Crippen LogP contribution < -0.4 is 4.74 Å². The van der Waals surface area contributed by atoms with Crippen LogP contribution in [0.3, 0.4) is 0 Å². The Labute approximate surface area is 212 Å². The van der Waals surface area contributed by atoms with Crippen LogP contribution in [0, 0.1) is 0 Å². The molecule has 2 saturated heterocycles. The van der Waals surface area contributed by atoms with Gasteiger partial charge in [-0.25, -0.2) is 4.79 Å². The molecule has 1 spiro atoms. The Morgan fingerprint density at radius 3 is 2.36 bits per heavy atom. The van der Waals surface area contributed by atoms with Gasteiger partial charge in [-0.05, 0) is 54.7 Å². The quantitative estimate of drug-likeness (QED) is 0.450. The fraction of sp³-hybridized carbons (Fsp3) is 0.345. The highest BCUT2D eigenvalue weighted by atomic mass is 16.5. The lowest BCUT2D eigenvalue weighted by Gasteiger charge is -2.42. The number of amides is 3. The Morgan fingerprint density at radius 1 is 0.889 bits per heavy atom. The highest BCUT2D eigenvalue weighted by Gasteiger charge is 2.57. The molecule has 7 heteroatoms. The molecular weight excluding hydrogens is 452 g/mol. The van der Waals surface area contributed by atoms with Gasteiger partial charge in [-0.2, -0.15) is 0 Å². The Kier molecular flexibility index (Phi) is 7.00. The molecule has 186 valence electrons. The van der Waals surface area contributed by atoms with Crippen molar-refractivity contribution < 1.29 is 14.3 Å². The van der Waals surface area contributed by atoms with Crippen molar-refractivity contribution in [2.75, 3.05) is 26.7 Å². The zero-order valence-electron chi connectivity index (χ0n) is 20.7. The SMILES string of the molecule is COc1cccc(CN2CCC3(CC2)C(=O)N(Cc2ccccn2)C(=O)N3CCc2ccccc2)c1. The molecule has 36 heavy (non-hydrogen) atoms. The molecule has 0 bridgehead atoms. The molecule has 0 N–H and O–H groups in total. The second-order valence-electron chi connectivity index (χ2n) is 9.54. The van der Waals surface area contributed by atoms with Crippen LogP contribution in [-0.2, 0) is 24.3 Å². The van der Waals surface area contributed by atoms with E-state index in [2.05, 4.69) is 34.1 Å². The third kappa shape index (κ3) is 4.84. The van der Waals surface area contributed by atoms with Crippen LogP contribution in [0.5, 0.6) is 5.75 Å². The number of benzene rings is 2. The van der Waals surface area contributed by atoms with Gasteiger partial charge < -0.3 is 9.64 Å². The zero-order valence-corrected chi connectivity index (χ0v) is 20.7. The maximum atomic E-state index is 13.9. The van der Waals surface area contributed by atoms with E-state index in [9.17, 15) is 9.59 Å². The van der Waals surface area contributed by atoms with E-state index in [4.69, 9.17) is 4.74 Å². The van der Waals surface area contributed by atoms with Gasteiger partial charge in [0.2, 0.25) is 0 Å². The number of rotatable bonds is 8. The largest absolute Gasteiger partial charge is 0.497 e. The first-order valence-electron chi connectivity index (χ1n) is 12.5. The summed E-state index contributed by atoms with van der Waals surface area (Å²) in [5.41, 5.74) is 2.25. The van der Waals surface area contributed by atoms with Crippen molar-refractivity contribution in [2.45, 2.75) is 37.9 Å². The molecule has 0 saturated carbocycles. The van der Waals surface area contributed by atoms with Crippen LogP contribution in [0.15, 0.2) is 79.0 Å². The normalized spacial score (nSPS) is 17.7. The van der Waals surface area contributed by atoms with Gasteiger partial charge in [-0.3, -0.25) is 19.6 Å². The summed E-state index contributed by atoms with van der Waals surface area (Å²) in [5.74, 6) is 0.752. The third-order valence-corrected chi connectivity index (χ3v) is 7.36. The Morgan fingerprint density at radius 2 is 1.64 bits per heavy atom. The summed E-state index contributed by atoms with van der Waals surface area (Å²) in [4.78, 5) is 37.5. The Balaban J connectivity index is 1.34. The van der Waals surface area contributed by atoms with E-state index in [0.29, 0.717) is 25.8 Å². The van der Waals surface area contributed by atoms with Crippen molar-refractivity contribution in [2.24, 2.45) is 0 Å². The number of imide groups is 1. The van der Waals surface area contributed by atoms with Crippen LogP contribution >= 0.6 is 0 Å². The maximum absolute atomic E-state index is 13.9. The summed E-state index contributed by atoms with van der Waals surface area (Å²) in [6.45, 7) is 3.00. The van der Waals surface area contributed by atoms with E-state index in [1.165, 1.54) is 10.5 Å². The standard InChI is InChI=1S/C29H32N4O3/c1-36-26-12-7-10-24(20-26)21-31-18-14-29(15-19-31)27(34)32(22-25-11-5-6-16-30-25)28(35)33(29)17-13-23-8-3-2-4-9-23/h2-12,16,20H,13-15,17-19,21-22H2,1H3. The number of pyridine rings is 1. The first-order valence-corrected chi connectivity index (χ1v) is 12.5. The average Bonchev–Trinajstić information content (AvgIpc) is 3.11. The van der Waals surface area contributed by atoms with Crippen molar-refractivity contribution in [1.29, 1.82) is 0 Å². The molecule has 3 amide bonds. The molecule has 2 aliphatic heterocycles. The molecular formula is C29H32N4O3. The van der Waals surface area contributed by atoms with Gasteiger partial charge in [0.1, 0.15) is 11.3 Å². The van der Waals surface area contributed by atoms with Gasteiger partial charge in [-0.15, -0.1) is 0 Å². The van der Waals surface area contributed by atoms with Crippen molar-refractivity contribution >= 4 is 11.9 Å². The molecule has 2 fully saturated rings. The highest BCUT2D eigenvalue weighted by molar-refractivity contribution is 6.07. The van der Waals surface area contributed by atoms with Gasteiger partial charge >= 0.3 is 6.03 Å². The fourth-order valence-electron chi connectivity index (χ4n) is 5.36. The highest BCUT2D eigenvalue weighted by Crippen LogP contribution is 2.38. The number of nitrogens with zero attached hydrogens (tertiary/aromatic N) is 4. The van der Waals surface area contributed by atoms with Crippen molar-refractivity contribution in [3.8, 4) is 5.75 Å². The zero-order chi connectivity index (χ0) is 25.0. The third-order valence-electron chi connectivity index (χ3n) is 7.36. The molecule has 2 aromatic carbocycles.